The number of hydrogen-bond donors (Lipinski definition) is 2. The van der Waals surface area contributed by atoms with E-state index >= 15 is 0 Å². The van der Waals surface area contributed by atoms with Crippen LogP contribution in [0.1, 0.15) is 43.9 Å². The first-order chi connectivity index (χ1) is 24.9. The number of carboxylic acid groups (broad SMARTS) is 1. The fraction of sp³-hybridized carbons (Fsp3) is 0.432. The van der Waals surface area contributed by atoms with Crippen LogP contribution in [0.2, 0.25) is 0 Å². The molecule has 14 heteroatoms. The lowest BCUT2D eigenvalue weighted by atomic mass is 9.90. The van der Waals surface area contributed by atoms with E-state index in [-0.39, 0.29) is 23.7 Å². The Morgan fingerprint density at radius 2 is 1.73 bits per heavy atom. The number of morpholine rings is 1. The standard InChI is InChI=1S/C18H20N4O3.C18H20N4O.CH2O2/c1-13-18(11-24-12-18)25-8-7-22(13)16-9-14(10-19-17(16)23)3-4-15-5-6-21(2)20-15;1-2-8-14-13(7-1)15-16(23-14)17(21-9-3-4-10-21)20-18(19-15)22-11-5-6-12-22;2-1-3/h5-6,9-10,13H,7-8,11-12H2,1-2H3,(H,19,23);1-2,7-8H,3-6,9-12H2;1H,(H,2,3). The number of aryl methyl sites for hydroxylation is 1. The number of nitrogens with one attached hydrogen (secondary N) is 1. The Kier molecular flexibility index (Phi) is 9.92. The second-order valence-corrected chi connectivity index (χ2v) is 13.1. The van der Waals surface area contributed by atoms with Gasteiger partial charge in [0.25, 0.3) is 12.0 Å². The summed E-state index contributed by atoms with van der Waals surface area (Å²) in [5.41, 5.74) is 4.34. The van der Waals surface area contributed by atoms with Crippen molar-refractivity contribution in [1.82, 2.24) is 24.7 Å². The number of rotatable bonds is 3. The molecule has 4 fully saturated rings. The molecule has 0 bridgehead atoms. The summed E-state index contributed by atoms with van der Waals surface area (Å²) in [4.78, 5) is 40.1. The quantitative estimate of drug-likeness (QED) is 0.209. The molecule has 51 heavy (non-hydrogen) atoms. The number of fused-ring (bicyclic) bond motifs is 3. The van der Waals surface area contributed by atoms with E-state index < -0.39 is 0 Å². The van der Waals surface area contributed by atoms with E-state index in [9.17, 15) is 4.79 Å². The van der Waals surface area contributed by atoms with Crippen LogP contribution in [0.4, 0.5) is 17.5 Å². The van der Waals surface area contributed by atoms with Gasteiger partial charge in [0, 0.05) is 63.1 Å². The number of furan rings is 1. The molecule has 0 saturated carbocycles. The molecule has 8 heterocycles. The topological polar surface area (TPSA) is 155 Å². The fourth-order valence-electron chi connectivity index (χ4n) is 7.04. The average molecular weight is 695 g/mol. The number of pyridine rings is 1. The molecule has 2 N–H and O–H groups in total. The normalized spacial score (nSPS) is 19.2. The van der Waals surface area contributed by atoms with Crippen molar-refractivity contribution in [3.05, 3.63) is 70.4 Å². The van der Waals surface area contributed by atoms with Crippen LogP contribution < -0.4 is 20.3 Å². The Morgan fingerprint density at radius 3 is 2.41 bits per heavy atom. The molecule has 4 aliphatic heterocycles. The molecule has 1 spiro atoms. The van der Waals surface area contributed by atoms with Crippen molar-refractivity contribution in [3.8, 4) is 11.8 Å². The third-order valence-corrected chi connectivity index (χ3v) is 9.87. The molecule has 5 aromatic rings. The maximum atomic E-state index is 12.4. The molecular weight excluding hydrogens is 652 g/mol. The summed E-state index contributed by atoms with van der Waals surface area (Å²) in [5.74, 6) is 7.92. The summed E-state index contributed by atoms with van der Waals surface area (Å²) < 4.78 is 19.1. The highest BCUT2D eigenvalue weighted by Crippen LogP contribution is 2.36. The summed E-state index contributed by atoms with van der Waals surface area (Å²) >= 11 is 0. The van der Waals surface area contributed by atoms with Crippen molar-refractivity contribution in [2.24, 2.45) is 7.05 Å². The molecule has 4 aliphatic rings. The minimum Gasteiger partial charge on any atom is -0.483 e. The SMILES string of the molecule is CC1N(c2cc(C#Cc3ccn(C)n3)c[nH]c2=O)CCOC12COC2.O=CO.c1ccc2c(c1)oc1c(N3CCCC3)nc(N3CCCC3)nc12. The van der Waals surface area contributed by atoms with Crippen molar-refractivity contribution >= 4 is 46.0 Å². The molecule has 1 atom stereocenters. The number of para-hydroxylation sites is 1. The number of carbonyl (C=O) groups is 1. The monoisotopic (exact) mass is 694 g/mol. The summed E-state index contributed by atoms with van der Waals surface area (Å²) in [6.45, 7) is 8.45. The first-order valence-corrected chi connectivity index (χ1v) is 17.4. The van der Waals surface area contributed by atoms with Crippen molar-refractivity contribution in [1.29, 1.82) is 0 Å². The lowest BCUT2D eigenvalue weighted by Crippen LogP contribution is -2.68. The van der Waals surface area contributed by atoms with Gasteiger partial charge < -0.3 is 38.7 Å². The van der Waals surface area contributed by atoms with Gasteiger partial charge in [0.2, 0.25) is 5.95 Å². The maximum Gasteiger partial charge on any atom is 0.290 e. The van der Waals surface area contributed by atoms with Crippen LogP contribution in [-0.4, -0.2) is 100 Å². The largest absolute Gasteiger partial charge is 0.483 e. The summed E-state index contributed by atoms with van der Waals surface area (Å²) in [7, 11) is 1.85. The number of anilines is 3. The molecule has 0 amide bonds. The predicted molar refractivity (Wildman–Crippen MR) is 193 cm³/mol. The van der Waals surface area contributed by atoms with Crippen LogP contribution in [0, 0.1) is 11.8 Å². The molecule has 14 nitrogen and oxygen atoms in total. The zero-order valence-electron chi connectivity index (χ0n) is 28.9. The van der Waals surface area contributed by atoms with E-state index in [4.69, 9.17) is 33.8 Å². The lowest BCUT2D eigenvalue weighted by Gasteiger charge is -2.53. The molecule has 9 rings (SSSR count). The summed E-state index contributed by atoms with van der Waals surface area (Å²) in [5, 5.41) is 12.2. The second-order valence-electron chi connectivity index (χ2n) is 13.1. The zero-order chi connectivity index (χ0) is 35.4. The van der Waals surface area contributed by atoms with Crippen molar-refractivity contribution in [2.45, 2.75) is 44.2 Å². The van der Waals surface area contributed by atoms with Gasteiger partial charge in [0.05, 0.1) is 25.9 Å². The van der Waals surface area contributed by atoms with Gasteiger partial charge in [-0.15, -0.1) is 0 Å². The summed E-state index contributed by atoms with van der Waals surface area (Å²) in [6.07, 6.45) is 8.39. The third-order valence-electron chi connectivity index (χ3n) is 9.87. The number of nitrogens with zero attached hydrogens (tertiary/aromatic N) is 7. The first-order valence-electron chi connectivity index (χ1n) is 17.4. The molecule has 4 saturated heterocycles. The third kappa shape index (κ3) is 6.99. The number of H-pyrrole nitrogens is 1. The number of aromatic nitrogens is 5. The van der Waals surface area contributed by atoms with Gasteiger partial charge in [0.1, 0.15) is 28.1 Å². The van der Waals surface area contributed by atoms with E-state index in [1.807, 2.05) is 43.6 Å². The first kappa shape index (κ1) is 34.1. The Morgan fingerprint density at radius 1 is 1.00 bits per heavy atom. The Bertz CT molecular complexity index is 2110. The molecule has 0 aliphatic carbocycles. The zero-order valence-corrected chi connectivity index (χ0v) is 28.9. The van der Waals surface area contributed by atoms with Gasteiger partial charge in [-0.3, -0.25) is 14.3 Å². The fourth-order valence-corrected chi connectivity index (χ4v) is 7.04. The number of ether oxygens (including phenoxy) is 2. The highest BCUT2D eigenvalue weighted by molar-refractivity contribution is 6.06. The number of aromatic amines is 1. The van der Waals surface area contributed by atoms with Gasteiger partial charge >= 0.3 is 0 Å². The Labute approximate surface area is 295 Å². The average Bonchev–Trinajstić information content (AvgIpc) is 3.96. The van der Waals surface area contributed by atoms with Gasteiger partial charge in [-0.1, -0.05) is 18.1 Å². The van der Waals surface area contributed by atoms with E-state index in [0.29, 0.717) is 37.7 Å². The van der Waals surface area contributed by atoms with Crippen LogP contribution in [0.5, 0.6) is 0 Å². The number of hydrogen-bond acceptors (Lipinski definition) is 11. The van der Waals surface area contributed by atoms with Gasteiger partial charge in [0.15, 0.2) is 11.4 Å². The van der Waals surface area contributed by atoms with Crippen LogP contribution >= 0.6 is 0 Å². The smallest absolute Gasteiger partial charge is 0.290 e. The van der Waals surface area contributed by atoms with Crippen LogP contribution in [-0.2, 0) is 21.3 Å². The summed E-state index contributed by atoms with van der Waals surface area (Å²) in [6, 6.07) is 11.9. The van der Waals surface area contributed by atoms with Gasteiger partial charge in [-0.2, -0.15) is 10.1 Å². The Balaban J connectivity index is 0.000000148. The lowest BCUT2D eigenvalue weighted by molar-refractivity contribution is -0.228. The number of benzene rings is 1. The van der Waals surface area contributed by atoms with Crippen LogP contribution in [0.3, 0.4) is 0 Å². The Hall–Kier alpha value is -5.39. The van der Waals surface area contributed by atoms with E-state index in [2.05, 4.69) is 49.6 Å². The highest BCUT2D eigenvalue weighted by atomic mass is 16.6. The van der Waals surface area contributed by atoms with Crippen LogP contribution in [0.25, 0.3) is 22.1 Å². The molecule has 266 valence electrons. The van der Waals surface area contributed by atoms with Crippen molar-refractivity contribution < 1.29 is 23.8 Å². The second kappa shape index (κ2) is 14.8. The maximum absolute atomic E-state index is 12.4. The van der Waals surface area contributed by atoms with Crippen molar-refractivity contribution in [2.75, 3.05) is 67.2 Å². The van der Waals surface area contributed by atoms with E-state index in [1.165, 1.54) is 25.7 Å². The van der Waals surface area contributed by atoms with Gasteiger partial charge in [-0.05, 0) is 62.8 Å². The molecule has 1 aromatic carbocycles. The molecule has 4 aromatic heterocycles. The van der Waals surface area contributed by atoms with Gasteiger partial charge in [-0.25, -0.2) is 4.98 Å². The predicted octanol–water partition coefficient (Wildman–Crippen LogP) is 3.78. The van der Waals surface area contributed by atoms with Crippen molar-refractivity contribution in [3.63, 3.8) is 0 Å². The van der Waals surface area contributed by atoms with Crippen LogP contribution in [0.15, 0.2) is 58.0 Å². The van der Waals surface area contributed by atoms with E-state index in [1.54, 1.807) is 10.9 Å². The molecule has 0 radical (unpaired) electrons. The minimum atomic E-state index is -0.305. The minimum absolute atomic E-state index is 0.0649. The molecule has 1 unspecified atom stereocenters. The van der Waals surface area contributed by atoms with E-state index in [0.717, 1.165) is 65.6 Å². The highest BCUT2D eigenvalue weighted by Gasteiger charge is 2.50. The molecular formula is C37H42N8O6.